The standard InChI is InChI=1S/C31H31Cl2NOS2/c1-31(2,35)26-9-4-3-8-25(26)24(16-17-36-19-21-10-11-21)22-7-5-6-20(18-22)12-13-23-14-15-27-29(34-23)28(32)30(33)37-27/h3-9,12-15,18,21,24,35H,10-11,16-17,19H2,1-2H3. The first kappa shape index (κ1) is 26.8. The van der Waals surface area contributed by atoms with Gasteiger partial charge in [0.25, 0.3) is 0 Å². The topological polar surface area (TPSA) is 33.1 Å². The Morgan fingerprint density at radius 2 is 1.89 bits per heavy atom. The summed E-state index contributed by atoms with van der Waals surface area (Å²) in [6, 6.07) is 21.1. The number of nitrogens with zero attached hydrogens (tertiary/aromatic N) is 1. The Morgan fingerprint density at radius 1 is 1.08 bits per heavy atom. The second-order valence-electron chi connectivity index (χ2n) is 10.3. The molecule has 5 rings (SSSR count). The van der Waals surface area contributed by atoms with Crippen LogP contribution < -0.4 is 0 Å². The molecular formula is C31H31Cl2NOS2. The highest BCUT2D eigenvalue weighted by Crippen LogP contribution is 2.39. The summed E-state index contributed by atoms with van der Waals surface area (Å²) in [5.41, 5.74) is 5.28. The lowest BCUT2D eigenvalue weighted by Crippen LogP contribution is -2.20. The highest BCUT2D eigenvalue weighted by Gasteiger charge is 2.26. The van der Waals surface area contributed by atoms with Crippen molar-refractivity contribution >= 4 is 68.7 Å². The van der Waals surface area contributed by atoms with E-state index in [2.05, 4.69) is 60.3 Å². The summed E-state index contributed by atoms with van der Waals surface area (Å²) in [4.78, 5) is 4.70. The van der Waals surface area contributed by atoms with Crippen LogP contribution in [0.1, 0.15) is 67.0 Å². The van der Waals surface area contributed by atoms with E-state index in [0.29, 0.717) is 9.36 Å². The summed E-state index contributed by atoms with van der Waals surface area (Å²) in [7, 11) is 0. The van der Waals surface area contributed by atoms with Gasteiger partial charge < -0.3 is 5.11 Å². The van der Waals surface area contributed by atoms with Gasteiger partial charge in [-0.3, -0.25) is 0 Å². The molecule has 0 amide bonds. The summed E-state index contributed by atoms with van der Waals surface area (Å²) in [5, 5.41) is 11.5. The number of thiophene rings is 1. The first-order valence-corrected chi connectivity index (χ1v) is 15.4. The minimum Gasteiger partial charge on any atom is -0.386 e. The number of benzene rings is 2. The van der Waals surface area contributed by atoms with Crippen LogP contribution in [-0.2, 0) is 5.60 Å². The molecule has 2 aromatic carbocycles. The third-order valence-electron chi connectivity index (χ3n) is 6.82. The molecule has 1 saturated carbocycles. The first-order valence-electron chi connectivity index (χ1n) is 12.7. The Bertz CT molecular complexity index is 1420. The molecule has 1 aliphatic rings. The number of halogens is 2. The van der Waals surface area contributed by atoms with Crippen LogP contribution in [0.3, 0.4) is 0 Å². The van der Waals surface area contributed by atoms with Crippen LogP contribution in [0.2, 0.25) is 9.36 Å². The third-order valence-corrected chi connectivity index (χ3v) is 9.98. The number of fused-ring (bicyclic) bond motifs is 1. The van der Waals surface area contributed by atoms with Gasteiger partial charge in [0.05, 0.1) is 21.0 Å². The van der Waals surface area contributed by atoms with Crippen molar-refractivity contribution in [3.8, 4) is 0 Å². The van der Waals surface area contributed by atoms with Crippen molar-refractivity contribution in [3.63, 3.8) is 0 Å². The molecule has 2 nitrogen and oxygen atoms in total. The second-order valence-corrected chi connectivity index (χ2v) is 13.5. The van der Waals surface area contributed by atoms with Crippen molar-refractivity contribution in [3.05, 3.63) is 98.0 Å². The predicted octanol–water partition coefficient (Wildman–Crippen LogP) is 9.67. The van der Waals surface area contributed by atoms with Gasteiger partial charge in [-0.2, -0.15) is 11.8 Å². The number of hydrogen-bond donors (Lipinski definition) is 1. The van der Waals surface area contributed by atoms with Gasteiger partial charge in [0.15, 0.2) is 0 Å². The summed E-state index contributed by atoms with van der Waals surface area (Å²) in [5.74, 6) is 3.51. The Labute approximate surface area is 237 Å². The van der Waals surface area contributed by atoms with Gasteiger partial charge in [-0.1, -0.05) is 77.8 Å². The Kier molecular flexibility index (Phi) is 8.33. The molecule has 0 bridgehead atoms. The van der Waals surface area contributed by atoms with E-state index in [1.165, 1.54) is 41.1 Å². The smallest absolute Gasteiger partial charge is 0.114 e. The summed E-state index contributed by atoms with van der Waals surface area (Å²) in [6.45, 7) is 3.75. The maximum atomic E-state index is 10.9. The summed E-state index contributed by atoms with van der Waals surface area (Å²) in [6.07, 6.45) is 7.93. The molecule has 1 N–H and O–H groups in total. The first-order chi connectivity index (χ1) is 17.8. The molecule has 0 spiro atoms. The van der Waals surface area contributed by atoms with E-state index in [-0.39, 0.29) is 5.92 Å². The molecule has 1 unspecified atom stereocenters. The Morgan fingerprint density at radius 3 is 2.68 bits per heavy atom. The van der Waals surface area contributed by atoms with Crippen LogP contribution in [-0.4, -0.2) is 21.6 Å². The lowest BCUT2D eigenvalue weighted by molar-refractivity contribution is 0.0773. The number of pyridine rings is 1. The van der Waals surface area contributed by atoms with E-state index in [9.17, 15) is 5.11 Å². The van der Waals surface area contributed by atoms with Gasteiger partial charge in [0.2, 0.25) is 0 Å². The van der Waals surface area contributed by atoms with Crippen molar-refractivity contribution < 1.29 is 5.11 Å². The highest BCUT2D eigenvalue weighted by molar-refractivity contribution is 7.99. The molecule has 2 aromatic heterocycles. The van der Waals surface area contributed by atoms with Gasteiger partial charge in [-0.15, -0.1) is 11.3 Å². The minimum atomic E-state index is -0.899. The summed E-state index contributed by atoms with van der Waals surface area (Å²) >= 11 is 16.0. The highest BCUT2D eigenvalue weighted by atomic mass is 35.5. The molecule has 0 radical (unpaired) electrons. The number of aromatic nitrogens is 1. The zero-order chi connectivity index (χ0) is 26.0. The number of thioether (sulfide) groups is 1. The third kappa shape index (κ3) is 6.61. The fourth-order valence-electron chi connectivity index (χ4n) is 4.68. The average molecular weight is 569 g/mol. The zero-order valence-electron chi connectivity index (χ0n) is 21.1. The van der Waals surface area contributed by atoms with Crippen molar-refractivity contribution in [1.29, 1.82) is 0 Å². The van der Waals surface area contributed by atoms with Crippen LogP contribution in [0.4, 0.5) is 0 Å². The molecule has 37 heavy (non-hydrogen) atoms. The van der Waals surface area contributed by atoms with E-state index in [4.69, 9.17) is 28.2 Å². The van der Waals surface area contributed by atoms with E-state index in [1.54, 1.807) is 0 Å². The number of aliphatic hydroxyl groups is 1. The van der Waals surface area contributed by atoms with E-state index < -0.39 is 5.60 Å². The second kappa shape index (κ2) is 11.5. The molecule has 2 heterocycles. The van der Waals surface area contributed by atoms with Crippen molar-refractivity contribution in [2.24, 2.45) is 5.92 Å². The molecule has 6 heteroatoms. The van der Waals surface area contributed by atoms with Gasteiger partial charge in [-0.05, 0) is 91.0 Å². The van der Waals surface area contributed by atoms with E-state index in [1.807, 2.05) is 38.1 Å². The quantitative estimate of drug-likeness (QED) is 0.193. The zero-order valence-corrected chi connectivity index (χ0v) is 24.2. The molecule has 1 atom stereocenters. The SMILES string of the molecule is CC(C)(O)c1ccccc1C(CCSCC1CC1)c1cccc(C=Cc2ccc3sc(Cl)c(Cl)c3n2)c1. The van der Waals surface area contributed by atoms with Crippen molar-refractivity contribution in [2.45, 2.75) is 44.6 Å². The summed E-state index contributed by atoms with van der Waals surface area (Å²) < 4.78 is 1.56. The van der Waals surface area contributed by atoms with Crippen molar-refractivity contribution in [1.82, 2.24) is 4.98 Å². The molecule has 1 fully saturated rings. The normalized spacial score (nSPS) is 15.1. The number of hydrogen-bond acceptors (Lipinski definition) is 4. The van der Waals surface area contributed by atoms with E-state index in [0.717, 1.165) is 45.1 Å². The van der Waals surface area contributed by atoms with Gasteiger partial charge >= 0.3 is 0 Å². The largest absolute Gasteiger partial charge is 0.386 e. The lowest BCUT2D eigenvalue weighted by Gasteiger charge is -2.27. The molecule has 0 saturated heterocycles. The molecule has 1 aliphatic carbocycles. The van der Waals surface area contributed by atoms with Crippen LogP contribution in [0, 0.1) is 5.92 Å². The van der Waals surface area contributed by atoms with Crippen LogP contribution in [0.5, 0.6) is 0 Å². The van der Waals surface area contributed by atoms with Crippen LogP contribution >= 0.6 is 46.3 Å². The van der Waals surface area contributed by atoms with E-state index >= 15 is 0 Å². The maximum Gasteiger partial charge on any atom is 0.114 e. The molecular weight excluding hydrogens is 537 g/mol. The fourth-order valence-corrected chi connectivity index (χ4v) is 7.34. The molecule has 0 aliphatic heterocycles. The fraction of sp³-hybridized carbons (Fsp3) is 0.323. The molecule has 4 aromatic rings. The Hall–Kier alpha value is -1.82. The van der Waals surface area contributed by atoms with Gasteiger partial charge in [0, 0.05) is 5.92 Å². The lowest BCUT2D eigenvalue weighted by atomic mass is 9.81. The van der Waals surface area contributed by atoms with Crippen molar-refractivity contribution in [2.75, 3.05) is 11.5 Å². The predicted molar refractivity (Wildman–Crippen MR) is 163 cm³/mol. The minimum absolute atomic E-state index is 0.212. The number of rotatable bonds is 10. The average Bonchev–Trinajstić information content (AvgIpc) is 3.67. The molecule has 192 valence electrons. The van der Waals surface area contributed by atoms with Gasteiger partial charge in [0.1, 0.15) is 9.85 Å². The monoisotopic (exact) mass is 567 g/mol. The van der Waals surface area contributed by atoms with Crippen LogP contribution in [0.25, 0.3) is 22.4 Å². The van der Waals surface area contributed by atoms with Gasteiger partial charge in [-0.25, -0.2) is 4.98 Å². The maximum absolute atomic E-state index is 10.9. The van der Waals surface area contributed by atoms with Crippen LogP contribution in [0.15, 0.2) is 60.7 Å². The Balaban J connectivity index is 1.43.